The van der Waals surface area contributed by atoms with Crippen LogP contribution in [0, 0.1) is 10.5 Å². The number of benzene rings is 1. The van der Waals surface area contributed by atoms with Gasteiger partial charge in [0.1, 0.15) is 5.75 Å². The molecule has 0 aliphatic rings. The molecule has 2 rings (SSSR count). The quantitative estimate of drug-likeness (QED) is 0.755. The van der Waals surface area contributed by atoms with E-state index in [0.717, 1.165) is 14.7 Å². The van der Waals surface area contributed by atoms with Crippen molar-refractivity contribution >= 4 is 33.4 Å². The van der Waals surface area contributed by atoms with Crippen molar-refractivity contribution in [3.05, 3.63) is 33.7 Å². The highest BCUT2D eigenvalue weighted by atomic mass is 127. The standard InChI is InChI=1S/C11H10INO/c1-7-3-4-10(14-2)8-5-13-6-9(12)11(7)8/h3-6H,1-2H3. The Hall–Kier alpha value is -0.840. The van der Waals surface area contributed by atoms with Crippen molar-refractivity contribution in [3.63, 3.8) is 0 Å². The summed E-state index contributed by atoms with van der Waals surface area (Å²) in [4.78, 5) is 4.17. The summed E-state index contributed by atoms with van der Waals surface area (Å²) in [7, 11) is 1.68. The zero-order valence-electron chi connectivity index (χ0n) is 8.04. The Morgan fingerprint density at radius 1 is 1.29 bits per heavy atom. The van der Waals surface area contributed by atoms with Gasteiger partial charge in [-0.3, -0.25) is 4.98 Å². The monoisotopic (exact) mass is 299 g/mol. The molecule has 0 amide bonds. The molecule has 0 atom stereocenters. The Kier molecular flexibility index (Phi) is 2.58. The molecule has 0 fully saturated rings. The molecule has 0 spiro atoms. The molecule has 72 valence electrons. The lowest BCUT2D eigenvalue weighted by atomic mass is 10.1. The lowest BCUT2D eigenvalue weighted by Gasteiger charge is -2.08. The van der Waals surface area contributed by atoms with Crippen LogP contribution in [0.4, 0.5) is 0 Å². The average Bonchev–Trinajstić information content (AvgIpc) is 2.18. The largest absolute Gasteiger partial charge is 0.496 e. The van der Waals surface area contributed by atoms with E-state index in [4.69, 9.17) is 4.74 Å². The fraction of sp³-hybridized carbons (Fsp3) is 0.182. The maximum atomic E-state index is 5.29. The van der Waals surface area contributed by atoms with Gasteiger partial charge in [-0.25, -0.2) is 0 Å². The Labute approximate surface area is 96.4 Å². The lowest BCUT2D eigenvalue weighted by molar-refractivity contribution is 0.419. The maximum absolute atomic E-state index is 5.29. The van der Waals surface area contributed by atoms with Gasteiger partial charge in [0, 0.05) is 26.7 Å². The number of halogens is 1. The van der Waals surface area contributed by atoms with Crippen molar-refractivity contribution in [3.8, 4) is 5.75 Å². The minimum absolute atomic E-state index is 0.886. The van der Waals surface area contributed by atoms with E-state index in [1.807, 2.05) is 18.5 Å². The van der Waals surface area contributed by atoms with E-state index in [-0.39, 0.29) is 0 Å². The first-order valence-electron chi connectivity index (χ1n) is 4.31. The van der Waals surface area contributed by atoms with Gasteiger partial charge < -0.3 is 4.74 Å². The first kappa shape index (κ1) is 9.71. The summed E-state index contributed by atoms with van der Waals surface area (Å²) < 4.78 is 6.46. The van der Waals surface area contributed by atoms with E-state index in [9.17, 15) is 0 Å². The summed E-state index contributed by atoms with van der Waals surface area (Å²) in [5.41, 5.74) is 1.26. The van der Waals surface area contributed by atoms with Gasteiger partial charge in [-0.1, -0.05) is 6.07 Å². The Morgan fingerprint density at radius 3 is 2.79 bits per heavy atom. The summed E-state index contributed by atoms with van der Waals surface area (Å²) >= 11 is 2.30. The first-order chi connectivity index (χ1) is 6.74. The first-order valence-corrected chi connectivity index (χ1v) is 5.38. The third kappa shape index (κ3) is 1.45. The average molecular weight is 299 g/mol. The molecule has 1 aromatic carbocycles. The second-order valence-electron chi connectivity index (χ2n) is 3.13. The number of hydrogen-bond acceptors (Lipinski definition) is 2. The molecule has 0 aliphatic carbocycles. The van der Waals surface area contributed by atoms with Crippen molar-refractivity contribution in [2.24, 2.45) is 0 Å². The van der Waals surface area contributed by atoms with E-state index in [2.05, 4.69) is 40.6 Å². The number of fused-ring (bicyclic) bond motifs is 1. The number of pyridine rings is 1. The Morgan fingerprint density at radius 2 is 2.07 bits per heavy atom. The third-order valence-electron chi connectivity index (χ3n) is 2.26. The summed E-state index contributed by atoms with van der Waals surface area (Å²) in [6.07, 6.45) is 3.72. The van der Waals surface area contributed by atoms with E-state index < -0.39 is 0 Å². The van der Waals surface area contributed by atoms with Gasteiger partial charge in [0.25, 0.3) is 0 Å². The number of rotatable bonds is 1. The molecule has 0 radical (unpaired) electrons. The number of ether oxygens (including phenoxy) is 1. The molecule has 0 N–H and O–H groups in total. The minimum Gasteiger partial charge on any atom is -0.496 e. The van der Waals surface area contributed by atoms with Crippen LogP contribution in [0.3, 0.4) is 0 Å². The SMILES string of the molecule is COc1ccc(C)c2c(I)cncc12. The van der Waals surface area contributed by atoms with Gasteiger partial charge in [-0.05, 0) is 41.1 Å². The van der Waals surface area contributed by atoms with Crippen LogP contribution in [0.1, 0.15) is 5.56 Å². The molecule has 1 heterocycles. The van der Waals surface area contributed by atoms with Crippen LogP contribution in [-0.2, 0) is 0 Å². The van der Waals surface area contributed by atoms with Crippen LogP contribution < -0.4 is 4.74 Å². The molecule has 0 saturated carbocycles. The van der Waals surface area contributed by atoms with Crippen molar-refractivity contribution in [2.75, 3.05) is 7.11 Å². The van der Waals surface area contributed by atoms with Gasteiger partial charge in [-0.2, -0.15) is 0 Å². The van der Waals surface area contributed by atoms with Gasteiger partial charge in [0.15, 0.2) is 0 Å². The van der Waals surface area contributed by atoms with Crippen LogP contribution in [-0.4, -0.2) is 12.1 Å². The molecule has 0 aliphatic heterocycles. The summed E-state index contributed by atoms with van der Waals surface area (Å²) in [5.74, 6) is 0.886. The van der Waals surface area contributed by atoms with E-state index >= 15 is 0 Å². The molecule has 1 aromatic heterocycles. The van der Waals surface area contributed by atoms with Gasteiger partial charge in [-0.15, -0.1) is 0 Å². The molecule has 0 unspecified atom stereocenters. The Bertz CT molecular complexity index is 474. The summed E-state index contributed by atoms with van der Waals surface area (Å²) in [6, 6.07) is 4.05. The van der Waals surface area contributed by atoms with Crippen molar-refractivity contribution < 1.29 is 4.74 Å². The second kappa shape index (κ2) is 3.73. The van der Waals surface area contributed by atoms with Crippen LogP contribution >= 0.6 is 22.6 Å². The van der Waals surface area contributed by atoms with Crippen molar-refractivity contribution in [1.82, 2.24) is 4.98 Å². The minimum atomic E-state index is 0.886. The van der Waals surface area contributed by atoms with Gasteiger partial charge in [0.2, 0.25) is 0 Å². The normalized spacial score (nSPS) is 10.5. The number of aromatic nitrogens is 1. The van der Waals surface area contributed by atoms with E-state index in [1.54, 1.807) is 7.11 Å². The number of nitrogens with zero attached hydrogens (tertiary/aromatic N) is 1. The fourth-order valence-corrected chi connectivity index (χ4v) is 2.45. The second-order valence-corrected chi connectivity index (χ2v) is 4.29. The van der Waals surface area contributed by atoms with E-state index in [0.29, 0.717) is 0 Å². The summed E-state index contributed by atoms with van der Waals surface area (Å²) in [5, 5.41) is 2.32. The molecular formula is C11H10INO. The topological polar surface area (TPSA) is 22.1 Å². The summed E-state index contributed by atoms with van der Waals surface area (Å²) in [6.45, 7) is 2.10. The van der Waals surface area contributed by atoms with Crippen LogP contribution in [0.2, 0.25) is 0 Å². The number of hydrogen-bond donors (Lipinski definition) is 0. The lowest BCUT2D eigenvalue weighted by Crippen LogP contribution is -1.90. The number of aryl methyl sites for hydroxylation is 1. The van der Waals surface area contributed by atoms with Crippen LogP contribution in [0.25, 0.3) is 10.8 Å². The van der Waals surface area contributed by atoms with Crippen molar-refractivity contribution in [2.45, 2.75) is 6.92 Å². The van der Waals surface area contributed by atoms with Gasteiger partial charge in [0.05, 0.1) is 7.11 Å². The maximum Gasteiger partial charge on any atom is 0.128 e. The molecule has 0 saturated heterocycles. The predicted molar refractivity (Wildman–Crippen MR) is 65.7 cm³/mol. The molecule has 0 bridgehead atoms. The highest BCUT2D eigenvalue weighted by Gasteiger charge is 2.06. The highest BCUT2D eigenvalue weighted by Crippen LogP contribution is 2.30. The molecule has 2 aromatic rings. The van der Waals surface area contributed by atoms with E-state index in [1.165, 1.54) is 10.9 Å². The number of methoxy groups -OCH3 is 1. The zero-order valence-corrected chi connectivity index (χ0v) is 10.2. The molecule has 2 nitrogen and oxygen atoms in total. The van der Waals surface area contributed by atoms with Gasteiger partial charge >= 0.3 is 0 Å². The fourth-order valence-electron chi connectivity index (χ4n) is 1.57. The van der Waals surface area contributed by atoms with Crippen LogP contribution in [0.15, 0.2) is 24.5 Å². The van der Waals surface area contributed by atoms with Crippen molar-refractivity contribution in [1.29, 1.82) is 0 Å². The highest BCUT2D eigenvalue weighted by molar-refractivity contribution is 14.1. The smallest absolute Gasteiger partial charge is 0.128 e. The molecular weight excluding hydrogens is 289 g/mol. The molecule has 14 heavy (non-hydrogen) atoms. The predicted octanol–water partition coefficient (Wildman–Crippen LogP) is 3.16. The zero-order chi connectivity index (χ0) is 10.1. The third-order valence-corrected chi connectivity index (χ3v) is 3.08. The Balaban J connectivity index is 2.91. The molecule has 3 heteroatoms. The van der Waals surface area contributed by atoms with Crippen LogP contribution in [0.5, 0.6) is 5.75 Å².